The normalized spacial score (nSPS) is 29.3. The van der Waals surface area contributed by atoms with Gasteiger partial charge in [0.1, 0.15) is 12.3 Å². The Labute approximate surface area is 251 Å². The van der Waals surface area contributed by atoms with Crippen LogP contribution in [0.4, 0.5) is 4.79 Å². The van der Waals surface area contributed by atoms with Crippen LogP contribution < -0.4 is 16.0 Å². The number of aliphatic hydroxyl groups excluding tert-OH is 1. The van der Waals surface area contributed by atoms with Gasteiger partial charge in [-0.05, 0) is 67.9 Å². The number of likely N-dealkylation sites (tertiary alicyclic amines) is 1. The Bertz CT molecular complexity index is 1060. The third kappa shape index (κ3) is 6.87. The number of nitrogens with one attached hydrogen (secondary N) is 3. The highest BCUT2D eigenvalue weighted by Crippen LogP contribution is 2.65. The van der Waals surface area contributed by atoms with Crippen molar-refractivity contribution in [1.82, 2.24) is 25.8 Å². The first kappa shape index (κ1) is 32.5. The molecule has 2 saturated heterocycles. The van der Waals surface area contributed by atoms with Crippen LogP contribution in [0.5, 0.6) is 0 Å². The fourth-order valence-electron chi connectivity index (χ4n) is 7.32. The Kier molecular flexibility index (Phi) is 9.51. The summed E-state index contributed by atoms with van der Waals surface area (Å²) in [5.41, 5.74) is -0.698. The number of alkyl carbamates (subject to hydrolysis) is 1. The van der Waals surface area contributed by atoms with Gasteiger partial charge in [0.05, 0.1) is 24.8 Å². The van der Waals surface area contributed by atoms with Crippen LogP contribution in [0.1, 0.15) is 80.6 Å². The van der Waals surface area contributed by atoms with Crippen molar-refractivity contribution in [2.45, 2.75) is 110 Å². The topological polar surface area (TPSA) is 147 Å². The Morgan fingerprint density at radius 1 is 1.24 bits per heavy atom. The Hall–Kier alpha value is -2.42. The van der Waals surface area contributed by atoms with Gasteiger partial charge in [-0.3, -0.25) is 14.5 Å². The highest BCUT2D eigenvalue weighted by atomic mass is 16.5. The maximum absolute atomic E-state index is 13.8. The number of fused-ring (bicyclic) bond motifs is 1. The molecule has 0 radical (unpaired) electrons. The quantitative estimate of drug-likeness (QED) is 0.240. The zero-order chi connectivity index (χ0) is 31.0. The zero-order valence-corrected chi connectivity index (χ0v) is 26.5. The molecule has 7 atom stereocenters. The van der Waals surface area contributed by atoms with Gasteiger partial charge in [0, 0.05) is 24.5 Å². The molecule has 2 aliphatic carbocycles. The Morgan fingerprint density at radius 3 is 2.45 bits per heavy atom. The van der Waals surface area contributed by atoms with Crippen LogP contribution in [0.3, 0.4) is 0 Å². The summed E-state index contributed by atoms with van der Waals surface area (Å²) in [6.45, 7) is 17.8. The van der Waals surface area contributed by atoms with Crippen LogP contribution in [0.2, 0.25) is 0 Å². The molecule has 0 bridgehead atoms. The summed E-state index contributed by atoms with van der Waals surface area (Å²) >= 11 is 0. The molecule has 3 amide bonds. The number of hydrogen-bond donors (Lipinski definition) is 4. The van der Waals surface area contributed by atoms with E-state index in [-0.39, 0.29) is 53.5 Å². The molecular formula is C31H52N6O5. The van der Waals surface area contributed by atoms with Crippen molar-refractivity contribution in [2.24, 2.45) is 28.6 Å². The smallest absolute Gasteiger partial charge is 0.407 e. The lowest BCUT2D eigenvalue weighted by molar-refractivity contribution is -0.135. The largest absolute Gasteiger partial charge is 0.450 e. The molecular weight excluding hydrogens is 536 g/mol. The molecule has 2 aliphatic heterocycles. The number of carbonyl (C=O) groups is 3. The SMILES string of the molecule is CCN(CC)CCCOC(=O)N[C@H](C(O)N1C[C@H]2[C@@H]([C@H]1C(=O)N[C@H](C#N)C[C@@H]1CC3(CC3)NC1=O)C2(C)C)C(C)(C)C. The van der Waals surface area contributed by atoms with E-state index >= 15 is 0 Å². The highest BCUT2D eigenvalue weighted by Gasteiger charge is 2.69. The molecule has 42 heavy (non-hydrogen) atoms. The average molecular weight is 589 g/mol. The minimum Gasteiger partial charge on any atom is -0.450 e. The molecule has 4 aliphatic rings. The summed E-state index contributed by atoms with van der Waals surface area (Å²) in [6.07, 6.45) is 1.91. The van der Waals surface area contributed by atoms with Crippen molar-refractivity contribution >= 4 is 17.9 Å². The van der Waals surface area contributed by atoms with Gasteiger partial charge in [0.15, 0.2) is 0 Å². The van der Waals surface area contributed by atoms with Crippen LogP contribution in [0, 0.1) is 39.9 Å². The van der Waals surface area contributed by atoms with E-state index in [9.17, 15) is 24.8 Å². The third-order valence-corrected chi connectivity index (χ3v) is 10.3. The van der Waals surface area contributed by atoms with E-state index in [0.29, 0.717) is 19.4 Å². The number of rotatable bonds is 13. The standard InChI is InChI=1S/C31H52N6O5/c1-8-36(9-2)13-10-14-42-28(41)34-24(29(3,4)5)27(40)37-18-21-22(30(21,6)7)23(37)26(39)33-20(17-32)15-19-16-31(11-12-31)35-25(19)38/h19-24,27,40H,8-16,18H2,1-7H3,(H,33,39)(H,34,41)(H,35,38)/t19-,20+,21+,22+,23+,24-,27?/m1/s1. The van der Waals surface area contributed by atoms with E-state index in [4.69, 9.17) is 4.74 Å². The average Bonchev–Trinajstić information content (AvgIpc) is 3.64. The van der Waals surface area contributed by atoms with Crippen molar-refractivity contribution in [3.05, 3.63) is 0 Å². The number of piperidine rings is 1. The maximum atomic E-state index is 13.8. The van der Waals surface area contributed by atoms with E-state index in [0.717, 1.165) is 32.5 Å². The summed E-state index contributed by atoms with van der Waals surface area (Å²) in [7, 11) is 0. The van der Waals surface area contributed by atoms with Gasteiger partial charge in [0.2, 0.25) is 11.8 Å². The van der Waals surface area contributed by atoms with Crippen LogP contribution in [0.15, 0.2) is 0 Å². The van der Waals surface area contributed by atoms with Gasteiger partial charge in [0.25, 0.3) is 0 Å². The summed E-state index contributed by atoms with van der Waals surface area (Å²) in [5.74, 6) is -0.414. The second-order valence-electron chi connectivity index (χ2n) is 14.6. The summed E-state index contributed by atoms with van der Waals surface area (Å²) in [4.78, 5) is 43.1. The van der Waals surface area contributed by atoms with Crippen molar-refractivity contribution < 1.29 is 24.2 Å². The molecule has 1 unspecified atom stereocenters. The van der Waals surface area contributed by atoms with E-state index in [1.165, 1.54) is 0 Å². The zero-order valence-electron chi connectivity index (χ0n) is 26.5. The van der Waals surface area contributed by atoms with Crippen LogP contribution in [-0.2, 0) is 14.3 Å². The first-order valence-corrected chi connectivity index (χ1v) is 15.8. The number of nitriles is 1. The molecule has 0 aromatic carbocycles. The number of hydrogen-bond acceptors (Lipinski definition) is 8. The predicted molar refractivity (Wildman–Crippen MR) is 158 cm³/mol. The van der Waals surface area contributed by atoms with Gasteiger partial charge in [-0.15, -0.1) is 0 Å². The van der Waals surface area contributed by atoms with Gasteiger partial charge in [-0.1, -0.05) is 48.5 Å². The monoisotopic (exact) mass is 588 g/mol. The summed E-state index contributed by atoms with van der Waals surface area (Å²) in [6, 6.07) is 0.0316. The lowest BCUT2D eigenvalue weighted by Gasteiger charge is -2.42. The summed E-state index contributed by atoms with van der Waals surface area (Å²) < 4.78 is 5.46. The molecule has 11 nitrogen and oxygen atoms in total. The van der Waals surface area contributed by atoms with Crippen LogP contribution in [0.25, 0.3) is 0 Å². The van der Waals surface area contributed by atoms with Gasteiger partial charge < -0.3 is 30.7 Å². The molecule has 236 valence electrons. The Morgan fingerprint density at radius 2 is 1.90 bits per heavy atom. The number of aliphatic hydroxyl groups is 1. The molecule has 0 aromatic rings. The lowest BCUT2D eigenvalue weighted by Crippen LogP contribution is -2.62. The second-order valence-corrected chi connectivity index (χ2v) is 14.6. The molecule has 2 heterocycles. The molecule has 4 fully saturated rings. The highest BCUT2D eigenvalue weighted by molar-refractivity contribution is 5.85. The molecule has 4 rings (SSSR count). The van der Waals surface area contributed by atoms with Crippen molar-refractivity contribution in [3.8, 4) is 6.07 Å². The number of ether oxygens (including phenoxy) is 1. The van der Waals surface area contributed by atoms with Crippen molar-refractivity contribution in [2.75, 3.05) is 32.8 Å². The first-order valence-electron chi connectivity index (χ1n) is 15.8. The molecule has 2 saturated carbocycles. The minimum absolute atomic E-state index is 0.0173. The maximum Gasteiger partial charge on any atom is 0.407 e. The van der Waals surface area contributed by atoms with Crippen LogP contribution >= 0.6 is 0 Å². The van der Waals surface area contributed by atoms with Crippen molar-refractivity contribution in [1.29, 1.82) is 5.26 Å². The van der Waals surface area contributed by atoms with E-state index in [2.05, 4.69) is 54.6 Å². The fourth-order valence-corrected chi connectivity index (χ4v) is 7.32. The van der Waals surface area contributed by atoms with E-state index < -0.39 is 35.9 Å². The van der Waals surface area contributed by atoms with Gasteiger partial charge >= 0.3 is 6.09 Å². The predicted octanol–water partition coefficient (Wildman–Crippen LogP) is 2.20. The first-order chi connectivity index (χ1) is 19.7. The van der Waals surface area contributed by atoms with Gasteiger partial charge in [-0.25, -0.2) is 4.79 Å². The van der Waals surface area contributed by atoms with Crippen molar-refractivity contribution in [3.63, 3.8) is 0 Å². The lowest BCUT2D eigenvalue weighted by atomic mass is 9.84. The third-order valence-electron chi connectivity index (χ3n) is 10.3. The second kappa shape index (κ2) is 12.3. The van der Waals surface area contributed by atoms with E-state index in [1.54, 1.807) is 4.90 Å². The summed E-state index contributed by atoms with van der Waals surface area (Å²) in [5, 5.41) is 30.4. The number of amides is 3. The fraction of sp³-hybridized carbons (Fsp3) is 0.871. The molecule has 11 heteroatoms. The minimum atomic E-state index is -1.14. The number of nitrogens with zero attached hydrogens (tertiary/aromatic N) is 3. The molecule has 0 aromatic heterocycles. The number of carbonyl (C=O) groups excluding carboxylic acids is 3. The van der Waals surface area contributed by atoms with Crippen LogP contribution in [-0.4, -0.2) is 95.5 Å². The van der Waals surface area contributed by atoms with Gasteiger partial charge in [-0.2, -0.15) is 5.26 Å². The Balaban J connectivity index is 1.40. The molecule has 1 spiro atoms. The molecule has 4 N–H and O–H groups in total. The van der Waals surface area contributed by atoms with E-state index in [1.807, 2.05) is 20.8 Å².